The first-order valence-corrected chi connectivity index (χ1v) is 4.87. The number of hydrogen-bond donors (Lipinski definition) is 2. The molecule has 3 heteroatoms. The summed E-state index contributed by atoms with van der Waals surface area (Å²) < 4.78 is 0. The highest BCUT2D eigenvalue weighted by Gasteiger charge is 2.16. The second-order valence-corrected chi connectivity index (χ2v) is 3.59. The van der Waals surface area contributed by atoms with Crippen molar-refractivity contribution < 1.29 is 4.79 Å². The van der Waals surface area contributed by atoms with Crippen molar-refractivity contribution in [3.8, 4) is 0 Å². The summed E-state index contributed by atoms with van der Waals surface area (Å²) in [6, 6.07) is 8.21. The van der Waals surface area contributed by atoms with Crippen molar-refractivity contribution >= 4 is 11.6 Å². The number of aryl methyl sites for hydroxylation is 1. The van der Waals surface area contributed by atoms with Gasteiger partial charge in [0.25, 0.3) is 0 Å². The highest BCUT2D eigenvalue weighted by molar-refractivity contribution is 5.73. The Hall–Kier alpha value is -1.51. The minimum atomic E-state index is 0.0156. The second kappa shape index (κ2) is 3.70. The number of rotatable bonds is 1. The van der Waals surface area contributed by atoms with Crippen LogP contribution in [0.3, 0.4) is 0 Å². The van der Waals surface area contributed by atoms with Gasteiger partial charge < -0.3 is 10.6 Å². The summed E-state index contributed by atoms with van der Waals surface area (Å²) >= 11 is 0. The van der Waals surface area contributed by atoms with Crippen LogP contribution in [0.1, 0.15) is 18.9 Å². The number of amides is 1. The zero-order valence-corrected chi connectivity index (χ0v) is 8.21. The van der Waals surface area contributed by atoms with E-state index in [1.807, 2.05) is 18.2 Å². The average Bonchev–Trinajstić information content (AvgIpc) is 2.17. The molecular formula is C11H14N2O. The molecule has 0 aliphatic carbocycles. The van der Waals surface area contributed by atoms with Crippen LogP contribution in [-0.2, 0) is 11.2 Å². The second-order valence-electron chi connectivity index (χ2n) is 3.59. The van der Waals surface area contributed by atoms with Crippen molar-refractivity contribution in [2.24, 2.45) is 0 Å². The Morgan fingerprint density at radius 3 is 3.07 bits per heavy atom. The molecule has 3 nitrogen and oxygen atoms in total. The molecule has 1 aromatic carbocycles. The molecule has 0 saturated carbocycles. The van der Waals surface area contributed by atoms with Crippen LogP contribution >= 0.6 is 0 Å². The number of nitrogens with one attached hydrogen (secondary N) is 2. The molecule has 14 heavy (non-hydrogen) atoms. The molecule has 1 aliphatic heterocycles. The van der Waals surface area contributed by atoms with Gasteiger partial charge in [-0.1, -0.05) is 18.2 Å². The maximum atomic E-state index is 10.9. The van der Waals surface area contributed by atoms with E-state index in [9.17, 15) is 4.79 Å². The van der Waals surface area contributed by atoms with E-state index >= 15 is 0 Å². The van der Waals surface area contributed by atoms with E-state index in [-0.39, 0.29) is 12.1 Å². The summed E-state index contributed by atoms with van der Waals surface area (Å²) in [7, 11) is 0. The fourth-order valence-corrected chi connectivity index (χ4v) is 1.79. The smallest absolute Gasteiger partial charge is 0.218 e. The molecule has 1 atom stereocenters. The molecule has 0 fully saturated rings. The number of benzene rings is 1. The molecule has 1 amide bonds. The van der Waals surface area contributed by atoms with Gasteiger partial charge in [-0.3, -0.25) is 4.79 Å². The molecule has 2 rings (SSSR count). The van der Waals surface area contributed by atoms with Gasteiger partial charge >= 0.3 is 0 Å². The van der Waals surface area contributed by atoms with Gasteiger partial charge in [0.15, 0.2) is 0 Å². The molecule has 1 unspecified atom stereocenters. The molecule has 0 spiro atoms. The van der Waals surface area contributed by atoms with Gasteiger partial charge in [-0.05, 0) is 24.5 Å². The number of carbonyl (C=O) groups is 1. The zero-order valence-electron chi connectivity index (χ0n) is 8.21. The molecule has 1 aliphatic rings. The summed E-state index contributed by atoms with van der Waals surface area (Å²) in [6.07, 6.45) is 2.06. The molecule has 74 valence electrons. The molecule has 1 aromatic rings. The van der Waals surface area contributed by atoms with Crippen LogP contribution in [0.25, 0.3) is 0 Å². The minimum Gasteiger partial charge on any atom is -0.365 e. The van der Waals surface area contributed by atoms with Gasteiger partial charge in [0.05, 0.1) is 6.17 Å². The Balaban J connectivity index is 2.09. The van der Waals surface area contributed by atoms with E-state index in [4.69, 9.17) is 0 Å². The Morgan fingerprint density at radius 1 is 1.50 bits per heavy atom. The van der Waals surface area contributed by atoms with Gasteiger partial charge in [-0.15, -0.1) is 0 Å². The van der Waals surface area contributed by atoms with Gasteiger partial charge in [-0.2, -0.15) is 0 Å². The quantitative estimate of drug-likeness (QED) is 0.704. The van der Waals surface area contributed by atoms with E-state index in [2.05, 4.69) is 16.7 Å². The summed E-state index contributed by atoms with van der Waals surface area (Å²) in [5, 5.41) is 6.17. The van der Waals surface area contributed by atoms with Crippen LogP contribution in [0.5, 0.6) is 0 Å². The first kappa shape index (κ1) is 9.06. The Morgan fingerprint density at radius 2 is 2.29 bits per heavy atom. The van der Waals surface area contributed by atoms with E-state index < -0.39 is 0 Å². The van der Waals surface area contributed by atoms with E-state index in [0.717, 1.165) is 18.5 Å². The third-order valence-electron chi connectivity index (χ3n) is 2.43. The normalized spacial score (nSPS) is 19.4. The molecular weight excluding hydrogens is 176 g/mol. The largest absolute Gasteiger partial charge is 0.365 e. The summed E-state index contributed by atoms with van der Waals surface area (Å²) in [4.78, 5) is 10.9. The topological polar surface area (TPSA) is 41.1 Å². The first-order valence-electron chi connectivity index (χ1n) is 4.87. The summed E-state index contributed by atoms with van der Waals surface area (Å²) in [5.41, 5.74) is 2.46. The lowest BCUT2D eigenvalue weighted by Crippen LogP contribution is -2.41. The Kier molecular flexibility index (Phi) is 2.39. The number of para-hydroxylation sites is 1. The van der Waals surface area contributed by atoms with Gasteiger partial charge in [0, 0.05) is 12.6 Å². The fraction of sp³-hybridized carbons (Fsp3) is 0.364. The average molecular weight is 190 g/mol. The maximum Gasteiger partial charge on any atom is 0.218 e. The molecule has 0 radical (unpaired) electrons. The van der Waals surface area contributed by atoms with Crippen molar-refractivity contribution in [3.05, 3.63) is 29.8 Å². The molecule has 0 saturated heterocycles. The van der Waals surface area contributed by atoms with Gasteiger partial charge in [-0.25, -0.2) is 0 Å². The minimum absolute atomic E-state index is 0.0156. The first-order chi connectivity index (χ1) is 6.75. The number of hydrogen-bond acceptors (Lipinski definition) is 2. The van der Waals surface area contributed by atoms with Crippen LogP contribution in [0.15, 0.2) is 24.3 Å². The number of carbonyl (C=O) groups excluding carboxylic acids is 1. The van der Waals surface area contributed by atoms with Crippen molar-refractivity contribution in [2.45, 2.75) is 25.9 Å². The van der Waals surface area contributed by atoms with Gasteiger partial charge in [0.1, 0.15) is 0 Å². The number of fused-ring (bicyclic) bond motifs is 1. The molecule has 2 N–H and O–H groups in total. The number of anilines is 1. The third-order valence-corrected chi connectivity index (χ3v) is 2.43. The van der Waals surface area contributed by atoms with E-state index in [1.165, 1.54) is 5.56 Å². The summed E-state index contributed by atoms with van der Waals surface area (Å²) in [5.74, 6) is 0.0156. The van der Waals surface area contributed by atoms with Crippen LogP contribution in [0.4, 0.5) is 5.69 Å². The monoisotopic (exact) mass is 190 g/mol. The SMILES string of the molecule is CC(=O)NC1CCc2ccccc2N1. The van der Waals surface area contributed by atoms with E-state index in [0.29, 0.717) is 0 Å². The van der Waals surface area contributed by atoms with Crippen molar-refractivity contribution in [2.75, 3.05) is 5.32 Å². The molecule has 0 bridgehead atoms. The summed E-state index contributed by atoms with van der Waals surface area (Å²) in [6.45, 7) is 1.54. The van der Waals surface area contributed by atoms with Crippen LogP contribution < -0.4 is 10.6 Å². The maximum absolute atomic E-state index is 10.9. The van der Waals surface area contributed by atoms with E-state index in [1.54, 1.807) is 6.92 Å². The highest BCUT2D eigenvalue weighted by atomic mass is 16.1. The zero-order chi connectivity index (χ0) is 9.97. The Bertz CT molecular complexity index is 349. The predicted molar refractivity (Wildman–Crippen MR) is 56.0 cm³/mol. The molecule has 1 heterocycles. The van der Waals surface area contributed by atoms with Crippen molar-refractivity contribution in [1.29, 1.82) is 0 Å². The van der Waals surface area contributed by atoms with Crippen LogP contribution in [-0.4, -0.2) is 12.1 Å². The third kappa shape index (κ3) is 1.87. The van der Waals surface area contributed by atoms with Crippen molar-refractivity contribution in [1.82, 2.24) is 5.32 Å². The highest BCUT2D eigenvalue weighted by Crippen LogP contribution is 2.22. The standard InChI is InChI=1S/C11H14N2O/c1-8(14)12-11-7-6-9-4-2-3-5-10(9)13-11/h2-5,11,13H,6-7H2,1H3,(H,12,14). The van der Waals surface area contributed by atoms with Crippen LogP contribution in [0.2, 0.25) is 0 Å². The van der Waals surface area contributed by atoms with Crippen molar-refractivity contribution in [3.63, 3.8) is 0 Å². The lowest BCUT2D eigenvalue weighted by molar-refractivity contribution is -0.119. The predicted octanol–water partition coefficient (Wildman–Crippen LogP) is 1.51. The molecule has 0 aromatic heterocycles. The fourth-order valence-electron chi connectivity index (χ4n) is 1.79. The lowest BCUT2D eigenvalue weighted by Gasteiger charge is -2.27. The lowest BCUT2D eigenvalue weighted by atomic mass is 10.0. The van der Waals surface area contributed by atoms with Crippen LogP contribution in [0, 0.1) is 0 Å². The Labute approximate surface area is 83.5 Å². The van der Waals surface area contributed by atoms with Gasteiger partial charge in [0.2, 0.25) is 5.91 Å².